The van der Waals surface area contributed by atoms with Gasteiger partial charge in [0.1, 0.15) is 0 Å². The van der Waals surface area contributed by atoms with Crippen molar-refractivity contribution in [3.8, 4) is 0 Å². The average Bonchev–Trinajstić information content (AvgIpc) is 2.66. The molecule has 0 fully saturated rings. The van der Waals surface area contributed by atoms with Gasteiger partial charge in [-0.2, -0.15) is 0 Å². The predicted molar refractivity (Wildman–Crippen MR) is 96.6 cm³/mol. The molecule has 0 aromatic carbocycles. The van der Waals surface area contributed by atoms with Gasteiger partial charge in [0.15, 0.2) is 6.29 Å². The molecule has 0 saturated carbocycles. The highest BCUT2D eigenvalue weighted by Crippen LogP contribution is 2.06. The Morgan fingerprint density at radius 3 is 1.96 bits per heavy atom. The second-order valence-electron chi connectivity index (χ2n) is 5.98. The summed E-state index contributed by atoms with van der Waals surface area (Å²) in [4.78, 5) is 25.7. The third-order valence-corrected chi connectivity index (χ3v) is 4.08. The van der Waals surface area contributed by atoms with Crippen LogP contribution in [-0.4, -0.2) is 81.9 Å². The van der Waals surface area contributed by atoms with Gasteiger partial charge < -0.3 is 29.0 Å². The predicted octanol–water partition coefficient (Wildman–Crippen LogP) is 1.20. The fraction of sp³-hybridized carbons (Fsp3) is 0.889. The maximum atomic E-state index is 11.7. The minimum atomic E-state index is -0.450. The summed E-state index contributed by atoms with van der Waals surface area (Å²) in [5.74, 6) is -1.13. The van der Waals surface area contributed by atoms with Crippen LogP contribution in [0.25, 0.3) is 0 Å². The van der Waals surface area contributed by atoms with Crippen LogP contribution in [0.3, 0.4) is 0 Å². The molecule has 0 radical (unpaired) electrons. The number of carbonyl (C=O) groups is 2. The zero-order chi connectivity index (χ0) is 19.8. The van der Waals surface area contributed by atoms with Gasteiger partial charge in [-0.15, -0.1) is 0 Å². The van der Waals surface area contributed by atoms with Crippen LogP contribution in [0.2, 0.25) is 0 Å². The van der Waals surface area contributed by atoms with Gasteiger partial charge in [0, 0.05) is 27.1 Å². The van der Waals surface area contributed by atoms with Crippen LogP contribution in [0, 0.1) is 5.92 Å². The second kappa shape index (κ2) is 16.0. The SMILES string of the molecule is CCN(CC)CCCC(=O)OCC(CO)COC(=O)CCC(OC)OC. The first-order chi connectivity index (χ1) is 12.5. The lowest BCUT2D eigenvalue weighted by molar-refractivity contribution is -0.153. The molecule has 26 heavy (non-hydrogen) atoms. The number of hydrogen-bond acceptors (Lipinski definition) is 8. The Kier molecular flexibility index (Phi) is 15.2. The van der Waals surface area contributed by atoms with Crippen molar-refractivity contribution in [2.75, 3.05) is 53.7 Å². The molecule has 0 bridgehead atoms. The van der Waals surface area contributed by atoms with E-state index in [4.69, 9.17) is 18.9 Å². The Balaban J connectivity index is 3.93. The van der Waals surface area contributed by atoms with Crippen LogP contribution < -0.4 is 0 Å². The lowest BCUT2D eigenvalue weighted by Gasteiger charge is -2.18. The first-order valence-corrected chi connectivity index (χ1v) is 9.20. The maximum Gasteiger partial charge on any atom is 0.305 e. The Morgan fingerprint density at radius 1 is 0.962 bits per heavy atom. The monoisotopic (exact) mass is 377 g/mol. The molecule has 0 heterocycles. The highest BCUT2D eigenvalue weighted by molar-refractivity contribution is 5.69. The molecular weight excluding hydrogens is 342 g/mol. The van der Waals surface area contributed by atoms with Crippen molar-refractivity contribution in [3.05, 3.63) is 0 Å². The number of rotatable bonds is 16. The number of ether oxygens (including phenoxy) is 4. The molecule has 1 N–H and O–H groups in total. The number of methoxy groups -OCH3 is 2. The fourth-order valence-electron chi connectivity index (χ4n) is 2.27. The number of hydrogen-bond donors (Lipinski definition) is 1. The lowest BCUT2D eigenvalue weighted by Crippen LogP contribution is -2.26. The van der Waals surface area contributed by atoms with Gasteiger partial charge in [-0.1, -0.05) is 13.8 Å². The maximum absolute atomic E-state index is 11.7. The summed E-state index contributed by atoms with van der Waals surface area (Å²) in [5.41, 5.74) is 0. The van der Waals surface area contributed by atoms with E-state index in [1.165, 1.54) is 14.2 Å². The molecule has 0 saturated heterocycles. The normalized spacial score (nSPS) is 12.4. The molecule has 1 unspecified atom stereocenters. The van der Waals surface area contributed by atoms with E-state index in [1.807, 2.05) is 0 Å². The quantitative estimate of drug-likeness (QED) is 0.317. The van der Waals surface area contributed by atoms with Crippen molar-refractivity contribution in [2.45, 2.75) is 45.8 Å². The Hall–Kier alpha value is -1.22. The largest absolute Gasteiger partial charge is 0.465 e. The highest BCUT2D eigenvalue weighted by atomic mass is 16.7. The smallest absolute Gasteiger partial charge is 0.305 e. The summed E-state index contributed by atoms with van der Waals surface area (Å²) in [6.07, 6.45) is 1.16. The average molecular weight is 377 g/mol. The van der Waals surface area contributed by atoms with Crippen LogP contribution in [-0.2, 0) is 28.5 Å². The highest BCUT2D eigenvalue weighted by Gasteiger charge is 2.15. The zero-order valence-corrected chi connectivity index (χ0v) is 16.6. The number of esters is 2. The molecule has 0 aromatic rings. The van der Waals surface area contributed by atoms with Crippen LogP contribution in [0.1, 0.15) is 39.5 Å². The topological polar surface area (TPSA) is 94.5 Å². The van der Waals surface area contributed by atoms with Gasteiger partial charge in [0.05, 0.1) is 32.2 Å². The molecule has 0 aliphatic rings. The molecule has 0 rings (SSSR count). The molecule has 154 valence electrons. The Labute approximate surface area is 156 Å². The molecule has 8 heteroatoms. The number of nitrogens with zero attached hydrogens (tertiary/aromatic N) is 1. The number of carbonyl (C=O) groups excluding carboxylic acids is 2. The van der Waals surface area contributed by atoms with E-state index in [0.29, 0.717) is 12.8 Å². The van der Waals surface area contributed by atoms with Crippen LogP contribution in [0.4, 0.5) is 0 Å². The minimum Gasteiger partial charge on any atom is -0.465 e. The van der Waals surface area contributed by atoms with Crippen LogP contribution in [0.5, 0.6) is 0 Å². The van der Waals surface area contributed by atoms with E-state index in [1.54, 1.807) is 0 Å². The van der Waals surface area contributed by atoms with Crippen LogP contribution >= 0.6 is 0 Å². The lowest BCUT2D eigenvalue weighted by atomic mass is 10.2. The van der Waals surface area contributed by atoms with Gasteiger partial charge in [-0.3, -0.25) is 9.59 Å². The standard InChI is InChI=1S/C18H35NO7/c1-5-19(6-2)11-7-8-16(21)25-13-15(12-20)14-26-17(22)9-10-18(23-3)24-4/h15,18,20H,5-14H2,1-4H3. The van der Waals surface area contributed by atoms with Gasteiger partial charge in [0.2, 0.25) is 0 Å². The molecule has 0 aromatic heterocycles. The first-order valence-electron chi connectivity index (χ1n) is 9.20. The van der Waals surface area contributed by atoms with Gasteiger partial charge >= 0.3 is 11.9 Å². The Bertz CT molecular complexity index is 371. The molecule has 0 spiro atoms. The number of aliphatic hydroxyl groups is 1. The van der Waals surface area contributed by atoms with Crippen molar-refractivity contribution in [1.82, 2.24) is 4.90 Å². The van der Waals surface area contributed by atoms with Crippen molar-refractivity contribution in [1.29, 1.82) is 0 Å². The van der Waals surface area contributed by atoms with E-state index in [0.717, 1.165) is 26.1 Å². The van der Waals surface area contributed by atoms with Crippen LogP contribution in [0.15, 0.2) is 0 Å². The van der Waals surface area contributed by atoms with E-state index in [-0.39, 0.29) is 32.2 Å². The van der Waals surface area contributed by atoms with Crippen molar-refractivity contribution in [2.24, 2.45) is 5.92 Å². The summed E-state index contributed by atoms with van der Waals surface area (Å²) < 4.78 is 20.2. The number of aliphatic hydroxyl groups excluding tert-OH is 1. The Morgan fingerprint density at radius 2 is 1.50 bits per heavy atom. The summed E-state index contributed by atoms with van der Waals surface area (Å²) in [7, 11) is 3.00. The zero-order valence-electron chi connectivity index (χ0n) is 16.6. The van der Waals surface area contributed by atoms with E-state index in [9.17, 15) is 14.7 Å². The summed E-state index contributed by atoms with van der Waals surface area (Å²) in [6, 6.07) is 0. The molecular formula is C18H35NO7. The van der Waals surface area contributed by atoms with Crippen molar-refractivity contribution in [3.63, 3.8) is 0 Å². The molecule has 1 atom stereocenters. The van der Waals surface area contributed by atoms with Gasteiger partial charge in [-0.05, 0) is 26.1 Å². The van der Waals surface area contributed by atoms with Gasteiger partial charge in [-0.25, -0.2) is 0 Å². The second-order valence-corrected chi connectivity index (χ2v) is 5.98. The van der Waals surface area contributed by atoms with E-state index >= 15 is 0 Å². The van der Waals surface area contributed by atoms with Crippen molar-refractivity contribution < 1.29 is 33.6 Å². The van der Waals surface area contributed by atoms with E-state index in [2.05, 4.69) is 18.7 Å². The molecule has 0 amide bonds. The molecule has 0 aliphatic carbocycles. The summed E-state index contributed by atoms with van der Waals surface area (Å²) in [6.45, 7) is 6.75. The minimum absolute atomic E-state index is 0.00664. The van der Waals surface area contributed by atoms with Crippen molar-refractivity contribution >= 4 is 11.9 Å². The third kappa shape index (κ3) is 12.2. The summed E-state index contributed by atoms with van der Waals surface area (Å²) >= 11 is 0. The summed E-state index contributed by atoms with van der Waals surface area (Å²) in [5, 5.41) is 9.33. The van der Waals surface area contributed by atoms with Gasteiger partial charge in [0.25, 0.3) is 0 Å². The first kappa shape index (κ1) is 24.8. The third-order valence-electron chi connectivity index (χ3n) is 4.08. The molecule has 8 nitrogen and oxygen atoms in total. The fourth-order valence-corrected chi connectivity index (χ4v) is 2.27. The molecule has 0 aliphatic heterocycles. The van der Waals surface area contributed by atoms with E-state index < -0.39 is 18.2 Å².